The van der Waals surface area contributed by atoms with E-state index in [1.165, 1.54) is 5.56 Å². The molecule has 22 heavy (non-hydrogen) atoms. The molecule has 2 aliphatic rings. The van der Waals surface area contributed by atoms with E-state index in [0.29, 0.717) is 5.92 Å². The standard InChI is InChI=1S/C17H24ClN3O/c18-15-3-1-13(2-4-15)11-17(7-8-17)21-16(22)20-12-14-5-9-19-10-6-14/h1-4,14,19H,5-12H2,(H2,20,21,22). The molecule has 0 atom stereocenters. The second-order valence-electron chi connectivity index (χ2n) is 6.61. The SMILES string of the molecule is O=C(NCC1CCNCC1)NC1(Cc2ccc(Cl)cc2)CC1. The van der Waals surface area contributed by atoms with Crippen LogP contribution in [0.4, 0.5) is 4.79 Å². The van der Waals surface area contributed by atoms with Gasteiger partial charge < -0.3 is 16.0 Å². The molecule has 1 aromatic carbocycles. The third-order valence-corrected chi connectivity index (χ3v) is 4.95. The summed E-state index contributed by atoms with van der Waals surface area (Å²) in [4.78, 5) is 12.1. The lowest BCUT2D eigenvalue weighted by molar-refractivity contribution is 0.231. The molecule has 2 fully saturated rings. The van der Waals surface area contributed by atoms with E-state index in [-0.39, 0.29) is 11.6 Å². The molecule has 4 nitrogen and oxygen atoms in total. The molecule has 1 heterocycles. The Labute approximate surface area is 137 Å². The highest BCUT2D eigenvalue weighted by Gasteiger charge is 2.43. The van der Waals surface area contributed by atoms with Gasteiger partial charge >= 0.3 is 6.03 Å². The van der Waals surface area contributed by atoms with Crippen molar-refractivity contribution in [3.05, 3.63) is 34.9 Å². The van der Waals surface area contributed by atoms with Crippen LogP contribution in [0.5, 0.6) is 0 Å². The molecule has 1 saturated heterocycles. The molecular formula is C17H24ClN3O. The molecule has 1 aliphatic carbocycles. The fourth-order valence-corrected chi connectivity index (χ4v) is 3.22. The molecular weight excluding hydrogens is 298 g/mol. The molecule has 120 valence electrons. The summed E-state index contributed by atoms with van der Waals surface area (Å²) >= 11 is 5.91. The van der Waals surface area contributed by atoms with E-state index in [0.717, 1.165) is 56.8 Å². The Morgan fingerprint density at radius 2 is 1.91 bits per heavy atom. The topological polar surface area (TPSA) is 53.2 Å². The van der Waals surface area contributed by atoms with Crippen molar-refractivity contribution in [1.29, 1.82) is 0 Å². The number of urea groups is 1. The van der Waals surface area contributed by atoms with Gasteiger partial charge in [-0.3, -0.25) is 0 Å². The van der Waals surface area contributed by atoms with Crippen LogP contribution in [0.1, 0.15) is 31.2 Å². The second kappa shape index (κ2) is 6.88. The zero-order chi connectivity index (χ0) is 15.4. The minimum Gasteiger partial charge on any atom is -0.338 e. The lowest BCUT2D eigenvalue weighted by Crippen LogP contribution is -2.46. The Morgan fingerprint density at radius 1 is 1.23 bits per heavy atom. The number of benzene rings is 1. The van der Waals surface area contributed by atoms with Crippen LogP contribution >= 0.6 is 11.6 Å². The first kappa shape index (κ1) is 15.6. The van der Waals surface area contributed by atoms with Gasteiger partial charge in [0, 0.05) is 17.1 Å². The highest BCUT2D eigenvalue weighted by atomic mass is 35.5. The molecule has 3 N–H and O–H groups in total. The van der Waals surface area contributed by atoms with Gasteiger partial charge in [0.2, 0.25) is 0 Å². The minimum atomic E-state index is -0.0496. The van der Waals surface area contributed by atoms with Crippen LogP contribution in [0.15, 0.2) is 24.3 Å². The number of hydrogen-bond acceptors (Lipinski definition) is 2. The van der Waals surface area contributed by atoms with Crippen LogP contribution in [0, 0.1) is 5.92 Å². The third-order valence-electron chi connectivity index (χ3n) is 4.70. The summed E-state index contributed by atoms with van der Waals surface area (Å²) in [6.07, 6.45) is 5.28. The molecule has 3 rings (SSSR count). The molecule has 0 unspecified atom stereocenters. The number of rotatable bonds is 5. The number of piperidine rings is 1. The lowest BCUT2D eigenvalue weighted by atomic mass is 9.98. The molecule has 2 amide bonds. The van der Waals surface area contributed by atoms with Gasteiger partial charge in [0.05, 0.1) is 0 Å². The largest absolute Gasteiger partial charge is 0.338 e. The highest BCUT2D eigenvalue weighted by molar-refractivity contribution is 6.30. The number of amides is 2. The fourth-order valence-electron chi connectivity index (χ4n) is 3.10. The van der Waals surface area contributed by atoms with Crippen LogP contribution in [0.3, 0.4) is 0 Å². The first-order chi connectivity index (χ1) is 10.7. The van der Waals surface area contributed by atoms with E-state index in [9.17, 15) is 4.79 Å². The third kappa shape index (κ3) is 4.37. The second-order valence-corrected chi connectivity index (χ2v) is 7.05. The van der Waals surface area contributed by atoms with Crippen LogP contribution in [0.2, 0.25) is 5.02 Å². The smallest absolute Gasteiger partial charge is 0.315 e. The van der Waals surface area contributed by atoms with Gasteiger partial charge in [0.15, 0.2) is 0 Å². The average Bonchev–Trinajstić information content (AvgIpc) is 3.28. The monoisotopic (exact) mass is 321 g/mol. The number of nitrogens with one attached hydrogen (secondary N) is 3. The molecule has 1 aromatic rings. The van der Waals surface area contributed by atoms with Crippen molar-refractivity contribution in [2.45, 2.75) is 37.6 Å². The van der Waals surface area contributed by atoms with Gasteiger partial charge in [-0.1, -0.05) is 23.7 Å². The van der Waals surface area contributed by atoms with E-state index < -0.39 is 0 Å². The molecule has 0 radical (unpaired) electrons. The van der Waals surface area contributed by atoms with Gasteiger partial charge in [0.1, 0.15) is 0 Å². The zero-order valence-electron chi connectivity index (χ0n) is 12.8. The summed E-state index contributed by atoms with van der Waals surface area (Å²) in [6, 6.07) is 7.87. The molecule has 0 spiro atoms. The summed E-state index contributed by atoms with van der Waals surface area (Å²) in [6.45, 7) is 2.91. The Morgan fingerprint density at radius 3 is 2.55 bits per heavy atom. The Kier molecular flexibility index (Phi) is 4.89. The highest BCUT2D eigenvalue weighted by Crippen LogP contribution is 2.38. The Balaban J connectivity index is 1.45. The maximum atomic E-state index is 12.1. The van der Waals surface area contributed by atoms with Gasteiger partial charge in [-0.15, -0.1) is 0 Å². The predicted molar refractivity (Wildman–Crippen MR) is 89.2 cm³/mol. The number of carbonyl (C=O) groups excluding carboxylic acids is 1. The molecule has 1 saturated carbocycles. The van der Waals surface area contributed by atoms with Gasteiger partial charge in [-0.05, 0) is 68.8 Å². The summed E-state index contributed by atoms with van der Waals surface area (Å²) in [5, 5.41) is 10.3. The predicted octanol–water partition coefficient (Wildman–Crippen LogP) is 2.71. The summed E-state index contributed by atoms with van der Waals surface area (Å²) in [5.41, 5.74) is 1.17. The number of hydrogen-bond donors (Lipinski definition) is 3. The summed E-state index contributed by atoms with van der Waals surface area (Å²) in [7, 11) is 0. The first-order valence-corrected chi connectivity index (χ1v) is 8.54. The van der Waals surface area contributed by atoms with Gasteiger partial charge in [-0.2, -0.15) is 0 Å². The number of carbonyl (C=O) groups is 1. The van der Waals surface area contributed by atoms with Crippen LogP contribution in [0.25, 0.3) is 0 Å². The van der Waals surface area contributed by atoms with Crippen molar-refractivity contribution in [1.82, 2.24) is 16.0 Å². The zero-order valence-corrected chi connectivity index (χ0v) is 13.6. The quantitative estimate of drug-likeness (QED) is 0.781. The Bertz CT molecular complexity index is 507. The van der Waals surface area contributed by atoms with E-state index in [1.54, 1.807) is 0 Å². The lowest BCUT2D eigenvalue weighted by Gasteiger charge is -2.24. The van der Waals surface area contributed by atoms with Crippen molar-refractivity contribution in [2.75, 3.05) is 19.6 Å². The maximum absolute atomic E-state index is 12.1. The minimum absolute atomic E-state index is 0.0232. The van der Waals surface area contributed by atoms with E-state index in [1.807, 2.05) is 24.3 Å². The van der Waals surface area contributed by atoms with Crippen molar-refractivity contribution in [3.63, 3.8) is 0 Å². The van der Waals surface area contributed by atoms with Crippen LogP contribution in [-0.2, 0) is 6.42 Å². The average molecular weight is 322 g/mol. The van der Waals surface area contributed by atoms with Crippen LogP contribution in [-0.4, -0.2) is 31.2 Å². The summed E-state index contributed by atoms with van der Waals surface area (Å²) < 4.78 is 0. The normalized spacial score (nSPS) is 20.4. The van der Waals surface area contributed by atoms with Crippen molar-refractivity contribution >= 4 is 17.6 Å². The van der Waals surface area contributed by atoms with E-state index in [2.05, 4.69) is 16.0 Å². The number of halogens is 1. The first-order valence-electron chi connectivity index (χ1n) is 8.16. The van der Waals surface area contributed by atoms with Gasteiger partial charge in [-0.25, -0.2) is 4.79 Å². The van der Waals surface area contributed by atoms with Crippen molar-refractivity contribution in [3.8, 4) is 0 Å². The van der Waals surface area contributed by atoms with E-state index in [4.69, 9.17) is 11.6 Å². The molecule has 1 aliphatic heterocycles. The van der Waals surface area contributed by atoms with Crippen molar-refractivity contribution < 1.29 is 4.79 Å². The fraction of sp³-hybridized carbons (Fsp3) is 0.588. The summed E-state index contributed by atoms with van der Waals surface area (Å²) in [5.74, 6) is 0.610. The van der Waals surface area contributed by atoms with E-state index >= 15 is 0 Å². The van der Waals surface area contributed by atoms with Crippen molar-refractivity contribution in [2.24, 2.45) is 5.92 Å². The molecule has 0 bridgehead atoms. The molecule has 5 heteroatoms. The van der Waals surface area contributed by atoms with Gasteiger partial charge in [0.25, 0.3) is 0 Å². The Hall–Kier alpha value is -1.26. The van der Waals surface area contributed by atoms with Crippen LogP contribution < -0.4 is 16.0 Å². The molecule has 0 aromatic heterocycles. The maximum Gasteiger partial charge on any atom is 0.315 e.